The van der Waals surface area contributed by atoms with Gasteiger partial charge in [-0.1, -0.05) is 39.0 Å². The monoisotopic (exact) mass is 244 g/mol. The zero-order chi connectivity index (χ0) is 13.2. The predicted octanol–water partition coefficient (Wildman–Crippen LogP) is 3.80. The van der Waals surface area contributed by atoms with Crippen LogP contribution in [0.25, 0.3) is 10.9 Å². The number of fused-ring (bicyclic) bond motifs is 1. The van der Waals surface area contributed by atoms with E-state index in [4.69, 9.17) is 0 Å². The Labute approximate surface area is 110 Å². The Bertz CT molecular complexity index is 517. The molecule has 0 aliphatic heterocycles. The highest BCUT2D eigenvalue weighted by molar-refractivity contribution is 5.83. The lowest BCUT2D eigenvalue weighted by molar-refractivity contribution is 0.353. The number of hydrogen-bond acceptors (Lipinski definition) is 1. The highest BCUT2D eigenvalue weighted by atomic mass is 15.0. The normalized spacial score (nSPS) is 12.2. The molecule has 1 N–H and O–H groups in total. The standard InChI is InChI=1S/C16H24N2/c1-16(2,3)9-11-18-10-8-13-6-5-7-14(12-17-4)15(13)18/h5-8,10,17H,9,11-12H2,1-4H3. The Morgan fingerprint density at radius 3 is 2.61 bits per heavy atom. The van der Waals surface area contributed by atoms with Crippen LogP contribution in [0.15, 0.2) is 30.5 Å². The van der Waals surface area contributed by atoms with Crippen LogP contribution in [0, 0.1) is 5.41 Å². The third kappa shape index (κ3) is 2.94. The second-order valence-electron chi connectivity index (χ2n) is 6.21. The van der Waals surface area contributed by atoms with Gasteiger partial charge in [-0.25, -0.2) is 0 Å². The van der Waals surface area contributed by atoms with E-state index in [2.05, 4.69) is 61.1 Å². The lowest BCUT2D eigenvalue weighted by atomic mass is 9.92. The minimum absolute atomic E-state index is 0.383. The fourth-order valence-corrected chi connectivity index (χ4v) is 2.32. The molecule has 0 fully saturated rings. The van der Waals surface area contributed by atoms with Crippen LogP contribution in [-0.4, -0.2) is 11.6 Å². The summed E-state index contributed by atoms with van der Waals surface area (Å²) in [5.41, 5.74) is 3.15. The lowest BCUT2D eigenvalue weighted by Gasteiger charge is -2.19. The van der Waals surface area contributed by atoms with Crippen LogP contribution in [0.4, 0.5) is 0 Å². The van der Waals surface area contributed by atoms with Crippen molar-refractivity contribution < 1.29 is 0 Å². The van der Waals surface area contributed by atoms with Gasteiger partial charge in [0.25, 0.3) is 0 Å². The maximum absolute atomic E-state index is 3.25. The van der Waals surface area contributed by atoms with Crippen LogP contribution in [-0.2, 0) is 13.1 Å². The summed E-state index contributed by atoms with van der Waals surface area (Å²) in [7, 11) is 2.00. The zero-order valence-electron chi connectivity index (χ0n) is 12.0. The molecule has 0 aliphatic carbocycles. The Hall–Kier alpha value is -1.28. The van der Waals surface area contributed by atoms with Crippen LogP contribution < -0.4 is 5.32 Å². The second kappa shape index (κ2) is 5.15. The maximum Gasteiger partial charge on any atom is 0.0525 e. The summed E-state index contributed by atoms with van der Waals surface area (Å²) in [5, 5.41) is 4.60. The van der Waals surface area contributed by atoms with Gasteiger partial charge in [-0.15, -0.1) is 0 Å². The molecule has 2 aromatic rings. The van der Waals surface area contributed by atoms with E-state index in [9.17, 15) is 0 Å². The molecule has 1 aromatic carbocycles. The van der Waals surface area contributed by atoms with Crippen molar-refractivity contribution in [3.63, 3.8) is 0 Å². The number of aromatic nitrogens is 1. The van der Waals surface area contributed by atoms with E-state index in [0.29, 0.717) is 5.41 Å². The van der Waals surface area contributed by atoms with Gasteiger partial charge in [0.2, 0.25) is 0 Å². The van der Waals surface area contributed by atoms with Gasteiger partial charge in [-0.3, -0.25) is 0 Å². The van der Waals surface area contributed by atoms with Crippen molar-refractivity contribution in [2.75, 3.05) is 7.05 Å². The number of nitrogens with zero attached hydrogens (tertiary/aromatic N) is 1. The minimum Gasteiger partial charge on any atom is -0.347 e. The number of aryl methyl sites for hydroxylation is 1. The van der Waals surface area contributed by atoms with Crippen LogP contribution in [0.1, 0.15) is 32.8 Å². The summed E-state index contributed by atoms with van der Waals surface area (Å²) in [6, 6.07) is 8.77. The Morgan fingerprint density at radius 1 is 1.17 bits per heavy atom. The van der Waals surface area contributed by atoms with E-state index in [1.165, 1.54) is 22.9 Å². The quantitative estimate of drug-likeness (QED) is 0.865. The van der Waals surface area contributed by atoms with Crippen LogP contribution >= 0.6 is 0 Å². The molecule has 0 radical (unpaired) electrons. The summed E-state index contributed by atoms with van der Waals surface area (Å²) < 4.78 is 2.40. The topological polar surface area (TPSA) is 17.0 Å². The van der Waals surface area contributed by atoms with Crippen molar-refractivity contribution in [3.05, 3.63) is 36.0 Å². The average Bonchev–Trinajstić information content (AvgIpc) is 2.70. The molecule has 2 nitrogen and oxygen atoms in total. The Morgan fingerprint density at radius 2 is 1.94 bits per heavy atom. The third-order valence-electron chi connectivity index (χ3n) is 3.34. The first-order valence-electron chi connectivity index (χ1n) is 6.72. The largest absolute Gasteiger partial charge is 0.347 e. The smallest absolute Gasteiger partial charge is 0.0525 e. The number of nitrogens with one attached hydrogen (secondary N) is 1. The van der Waals surface area contributed by atoms with Crippen molar-refractivity contribution in [1.29, 1.82) is 0 Å². The second-order valence-corrected chi connectivity index (χ2v) is 6.21. The van der Waals surface area contributed by atoms with E-state index < -0.39 is 0 Å². The van der Waals surface area contributed by atoms with Crippen LogP contribution in [0.5, 0.6) is 0 Å². The van der Waals surface area contributed by atoms with Crippen molar-refractivity contribution in [2.24, 2.45) is 5.41 Å². The van der Waals surface area contributed by atoms with Gasteiger partial charge in [0, 0.05) is 19.3 Å². The summed E-state index contributed by atoms with van der Waals surface area (Å²) in [6.07, 6.45) is 3.42. The molecule has 2 rings (SSSR count). The molecule has 0 bridgehead atoms. The minimum atomic E-state index is 0.383. The summed E-state index contributed by atoms with van der Waals surface area (Å²) in [6.45, 7) is 8.91. The number of rotatable bonds is 4. The van der Waals surface area contributed by atoms with Crippen molar-refractivity contribution in [3.8, 4) is 0 Å². The number of benzene rings is 1. The number of hydrogen-bond donors (Lipinski definition) is 1. The van der Waals surface area contributed by atoms with Crippen molar-refractivity contribution >= 4 is 10.9 Å². The van der Waals surface area contributed by atoms with Crippen molar-refractivity contribution in [2.45, 2.75) is 40.3 Å². The van der Waals surface area contributed by atoms with Crippen molar-refractivity contribution in [1.82, 2.24) is 9.88 Å². The zero-order valence-corrected chi connectivity index (χ0v) is 12.0. The molecule has 0 unspecified atom stereocenters. The van der Waals surface area contributed by atoms with E-state index in [1.54, 1.807) is 0 Å². The average molecular weight is 244 g/mol. The maximum atomic E-state index is 3.25. The molecule has 1 heterocycles. The molecule has 98 valence electrons. The molecular weight excluding hydrogens is 220 g/mol. The fraction of sp³-hybridized carbons (Fsp3) is 0.500. The van der Waals surface area contributed by atoms with Gasteiger partial charge in [0.1, 0.15) is 0 Å². The lowest BCUT2D eigenvalue weighted by Crippen LogP contribution is -2.11. The predicted molar refractivity (Wildman–Crippen MR) is 78.8 cm³/mol. The van der Waals surface area contributed by atoms with Crippen LogP contribution in [0.3, 0.4) is 0 Å². The van der Waals surface area contributed by atoms with Gasteiger partial charge >= 0.3 is 0 Å². The molecule has 1 aromatic heterocycles. The van der Waals surface area contributed by atoms with E-state index in [-0.39, 0.29) is 0 Å². The molecule has 0 aliphatic rings. The van der Waals surface area contributed by atoms with Gasteiger partial charge in [0.15, 0.2) is 0 Å². The first-order valence-corrected chi connectivity index (χ1v) is 6.72. The third-order valence-corrected chi connectivity index (χ3v) is 3.34. The summed E-state index contributed by atoms with van der Waals surface area (Å²) in [5.74, 6) is 0. The van der Waals surface area contributed by atoms with Gasteiger partial charge in [0.05, 0.1) is 5.52 Å². The summed E-state index contributed by atoms with van der Waals surface area (Å²) in [4.78, 5) is 0. The first kappa shape index (κ1) is 13.2. The van der Waals surface area contributed by atoms with E-state index >= 15 is 0 Å². The van der Waals surface area contributed by atoms with E-state index in [1.807, 2.05) is 7.05 Å². The Balaban J connectivity index is 2.33. The summed E-state index contributed by atoms with van der Waals surface area (Å²) >= 11 is 0. The SMILES string of the molecule is CNCc1cccc2ccn(CCC(C)(C)C)c12. The number of para-hydroxylation sites is 1. The molecule has 0 amide bonds. The first-order chi connectivity index (χ1) is 8.51. The highest BCUT2D eigenvalue weighted by Gasteiger charge is 2.12. The molecule has 2 heteroatoms. The molecule has 0 atom stereocenters. The van der Waals surface area contributed by atoms with Gasteiger partial charge in [-0.05, 0) is 35.9 Å². The van der Waals surface area contributed by atoms with E-state index in [0.717, 1.165) is 13.1 Å². The molecule has 0 spiro atoms. The molecule has 18 heavy (non-hydrogen) atoms. The molecular formula is C16H24N2. The van der Waals surface area contributed by atoms with Gasteiger partial charge in [-0.2, -0.15) is 0 Å². The molecule has 0 saturated carbocycles. The van der Waals surface area contributed by atoms with Gasteiger partial charge < -0.3 is 9.88 Å². The Kier molecular flexibility index (Phi) is 3.76. The fourth-order valence-electron chi connectivity index (χ4n) is 2.32. The van der Waals surface area contributed by atoms with Crippen LogP contribution in [0.2, 0.25) is 0 Å². The highest BCUT2D eigenvalue weighted by Crippen LogP contribution is 2.24. The molecule has 0 saturated heterocycles.